The van der Waals surface area contributed by atoms with Gasteiger partial charge in [-0.05, 0) is 50.7 Å². The molecule has 10 heteroatoms. The third kappa shape index (κ3) is 3.92. The van der Waals surface area contributed by atoms with Gasteiger partial charge in [-0.2, -0.15) is 17.5 Å². The van der Waals surface area contributed by atoms with E-state index in [-0.39, 0.29) is 21.6 Å². The Morgan fingerprint density at radius 1 is 1.17 bits per heavy atom. The number of aromatic nitrogens is 1. The molecule has 4 aliphatic rings. The van der Waals surface area contributed by atoms with Crippen LogP contribution in [0.4, 0.5) is 13.2 Å². The smallest absolute Gasteiger partial charge is 0.375 e. The molecule has 3 saturated heterocycles. The van der Waals surface area contributed by atoms with Gasteiger partial charge in [-0.25, -0.2) is 13.4 Å². The van der Waals surface area contributed by atoms with Gasteiger partial charge in [0.1, 0.15) is 10.6 Å². The number of alkyl halides is 3. The van der Waals surface area contributed by atoms with E-state index in [1.54, 1.807) is 0 Å². The molecule has 1 aromatic rings. The Balaban J connectivity index is 1.40. The summed E-state index contributed by atoms with van der Waals surface area (Å²) in [6.45, 7) is 7.06. The zero-order chi connectivity index (χ0) is 21.1. The second kappa shape index (κ2) is 6.90. The third-order valence-electron chi connectivity index (χ3n) is 6.42. The molecule has 1 aromatic heterocycles. The van der Waals surface area contributed by atoms with Gasteiger partial charge in [0, 0.05) is 39.3 Å². The quantitative estimate of drug-likeness (QED) is 0.731. The predicted octanol–water partition coefficient (Wildman–Crippen LogP) is 2.67. The minimum absolute atomic E-state index is 0.0104. The summed E-state index contributed by atoms with van der Waals surface area (Å²) in [5, 5.41) is 0. The fourth-order valence-electron chi connectivity index (χ4n) is 5.24. The van der Waals surface area contributed by atoms with Crippen LogP contribution in [0.5, 0.6) is 0 Å². The highest BCUT2D eigenvalue weighted by Crippen LogP contribution is 2.56. The summed E-state index contributed by atoms with van der Waals surface area (Å²) in [5.74, 6) is 0. The van der Waals surface area contributed by atoms with Gasteiger partial charge in [0.05, 0.1) is 11.3 Å². The van der Waals surface area contributed by atoms with Crippen molar-refractivity contribution in [3.05, 3.63) is 23.5 Å². The van der Waals surface area contributed by atoms with Gasteiger partial charge in [-0.1, -0.05) is 0 Å². The number of fused-ring (bicyclic) bond motifs is 2. The molecule has 162 valence electrons. The number of hydrogen-bond acceptors (Lipinski definition) is 5. The normalized spacial score (nSPS) is 31.5. The Labute approximate surface area is 169 Å². The molecule has 0 spiro atoms. The molecule has 0 radical (unpaired) electrons. The summed E-state index contributed by atoms with van der Waals surface area (Å²) in [5.41, 5.74) is -0.919. The maximum absolute atomic E-state index is 12.9. The van der Waals surface area contributed by atoms with Crippen molar-refractivity contribution in [3.63, 3.8) is 0 Å². The van der Waals surface area contributed by atoms with E-state index in [1.165, 1.54) is 11.2 Å². The molecule has 0 unspecified atom stereocenters. The summed E-state index contributed by atoms with van der Waals surface area (Å²) >= 11 is 0. The highest BCUT2D eigenvalue weighted by atomic mass is 32.2. The van der Waals surface area contributed by atoms with Gasteiger partial charge in [-0.3, -0.25) is 0 Å². The van der Waals surface area contributed by atoms with E-state index in [4.69, 9.17) is 4.74 Å². The van der Waals surface area contributed by atoms with Crippen LogP contribution in [0.1, 0.15) is 37.6 Å². The highest BCUT2D eigenvalue weighted by molar-refractivity contribution is 7.89. The first kappa shape index (κ1) is 21.0. The fourth-order valence-corrected chi connectivity index (χ4v) is 6.82. The molecule has 0 atom stereocenters. The van der Waals surface area contributed by atoms with Crippen molar-refractivity contribution >= 4 is 10.0 Å². The Kier molecular flexibility index (Phi) is 5.00. The van der Waals surface area contributed by atoms with Crippen LogP contribution in [-0.2, 0) is 20.9 Å². The van der Waals surface area contributed by atoms with E-state index in [0.29, 0.717) is 26.2 Å². The molecule has 4 heterocycles. The zero-order valence-corrected chi connectivity index (χ0v) is 17.4. The van der Waals surface area contributed by atoms with Crippen LogP contribution in [0.25, 0.3) is 0 Å². The Bertz CT molecular complexity index is 890. The first-order valence-electron chi connectivity index (χ1n) is 9.84. The van der Waals surface area contributed by atoms with E-state index < -0.39 is 21.9 Å². The minimum Gasteiger partial charge on any atom is -0.375 e. The molecule has 29 heavy (non-hydrogen) atoms. The van der Waals surface area contributed by atoms with Crippen molar-refractivity contribution in [1.29, 1.82) is 0 Å². The molecule has 2 bridgehead atoms. The van der Waals surface area contributed by atoms with Crippen molar-refractivity contribution in [1.82, 2.24) is 14.2 Å². The van der Waals surface area contributed by atoms with Crippen molar-refractivity contribution in [3.8, 4) is 0 Å². The Hall–Kier alpha value is -1.23. The Morgan fingerprint density at radius 2 is 1.83 bits per heavy atom. The Morgan fingerprint density at radius 3 is 2.38 bits per heavy atom. The van der Waals surface area contributed by atoms with E-state index in [2.05, 4.69) is 16.8 Å². The number of ether oxygens (including phenoxy) is 1. The maximum atomic E-state index is 12.9. The van der Waals surface area contributed by atoms with E-state index in [0.717, 1.165) is 44.5 Å². The molecule has 1 saturated carbocycles. The lowest BCUT2D eigenvalue weighted by atomic mass is 9.56. The van der Waals surface area contributed by atoms with Crippen LogP contribution in [-0.4, -0.2) is 67.5 Å². The highest BCUT2D eigenvalue weighted by Gasteiger charge is 2.56. The fraction of sp³-hybridized carbons (Fsp3) is 0.737. The summed E-state index contributed by atoms with van der Waals surface area (Å²) in [7, 11) is -3.87. The molecule has 0 aromatic carbocycles. The van der Waals surface area contributed by atoms with E-state index in [1.807, 2.05) is 0 Å². The van der Waals surface area contributed by atoms with Crippen LogP contribution in [0.2, 0.25) is 0 Å². The molecule has 6 nitrogen and oxygen atoms in total. The van der Waals surface area contributed by atoms with E-state index in [9.17, 15) is 21.6 Å². The number of pyridine rings is 1. The molecular formula is C19H26F3N3O3S. The van der Waals surface area contributed by atoms with Crippen molar-refractivity contribution in [2.24, 2.45) is 5.41 Å². The lowest BCUT2D eigenvalue weighted by Crippen LogP contribution is -2.62. The largest absolute Gasteiger partial charge is 0.433 e. The van der Waals surface area contributed by atoms with Crippen molar-refractivity contribution in [2.45, 2.75) is 49.8 Å². The molecule has 0 N–H and O–H groups in total. The number of rotatable bonds is 4. The van der Waals surface area contributed by atoms with Crippen LogP contribution in [0, 0.1) is 12.3 Å². The number of piperazine rings is 1. The van der Waals surface area contributed by atoms with Gasteiger partial charge in [0.25, 0.3) is 0 Å². The average molecular weight is 433 g/mol. The van der Waals surface area contributed by atoms with Gasteiger partial charge < -0.3 is 9.64 Å². The predicted molar refractivity (Wildman–Crippen MR) is 99.8 cm³/mol. The molecule has 3 aliphatic heterocycles. The number of aryl methyl sites for hydroxylation is 1. The summed E-state index contributed by atoms with van der Waals surface area (Å²) in [4.78, 5) is 5.61. The molecule has 4 fully saturated rings. The second-order valence-electron chi connectivity index (χ2n) is 8.86. The number of hydrogen-bond donors (Lipinski definition) is 0. The molecule has 0 amide bonds. The van der Waals surface area contributed by atoms with Crippen molar-refractivity contribution in [2.75, 3.05) is 39.3 Å². The van der Waals surface area contributed by atoms with Crippen molar-refractivity contribution < 1.29 is 26.3 Å². The first-order chi connectivity index (χ1) is 13.4. The topological polar surface area (TPSA) is 62.7 Å². The van der Waals surface area contributed by atoms with Crippen LogP contribution >= 0.6 is 0 Å². The minimum atomic E-state index is -4.60. The van der Waals surface area contributed by atoms with Gasteiger partial charge >= 0.3 is 6.18 Å². The summed E-state index contributed by atoms with van der Waals surface area (Å²) in [6, 6.07) is 1.75. The van der Waals surface area contributed by atoms with E-state index >= 15 is 0 Å². The first-order valence-corrected chi connectivity index (χ1v) is 11.3. The lowest BCUT2D eigenvalue weighted by molar-refractivity contribution is -0.220. The van der Waals surface area contributed by atoms with Crippen LogP contribution in [0.3, 0.4) is 0 Å². The van der Waals surface area contributed by atoms with Crippen LogP contribution < -0.4 is 0 Å². The number of sulfonamides is 1. The van der Waals surface area contributed by atoms with Gasteiger partial charge in [-0.15, -0.1) is 0 Å². The van der Waals surface area contributed by atoms with Crippen LogP contribution in [0.15, 0.2) is 17.0 Å². The summed E-state index contributed by atoms with van der Waals surface area (Å²) in [6.07, 6.45) is -1.46. The zero-order valence-electron chi connectivity index (χ0n) is 16.6. The number of halogens is 3. The molecule has 1 aliphatic carbocycles. The maximum Gasteiger partial charge on any atom is 0.433 e. The monoisotopic (exact) mass is 433 g/mol. The lowest BCUT2D eigenvalue weighted by Gasteiger charge is -2.60. The third-order valence-corrected chi connectivity index (χ3v) is 8.45. The standard InChI is InChI=1S/C19H26F3N3O3S/c1-14-15(3-4-16(23-14)19(20,21)22)29(26,27)25-8-6-24(7-9-25)13-18-5-10-28-17(2,11-18)12-18/h3-4H,5-13H2,1-2H3. The average Bonchev–Trinajstić information content (AvgIpc) is 2.60. The second-order valence-corrected chi connectivity index (χ2v) is 10.8. The molecular weight excluding hydrogens is 407 g/mol. The van der Waals surface area contributed by atoms with Gasteiger partial charge in [0.15, 0.2) is 0 Å². The molecule has 5 rings (SSSR count). The summed E-state index contributed by atoms with van der Waals surface area (Å²) < 4.78 is 71.5. The number of nitrogens with zero attached hydrogens (tertiary/aromatic N) is 3. The van der Waals surface area contributed by atoms with Gasteiger partial charge in [0.2, 0.25) is 10.0 Å². The SMILES string of the molecule is Cc1nc(C(F)(F)F)ccc1S(=O)(=O)N1CCN(CC23CCOC(C)(C2)C3)CC1.